The van der Waals surface area contributed by atoms with Crippen molar-refractivity contribution in [2.24, 2.45) is 0 Å². The van der Waals surface area contributed by atoms with Gasteiger partial charge in [0.05, 0.1) is 16.9 Å². The Kier molecular flexibility index (Phi) is 4.99. The number of pyridine rings is 1. The number of hydrogen-bond acceptors (Lipinski definition) is 3. The van der Waals surface area contributed by atoms with E-state index >= 15 is 0 Å². The summed E-state index contributed by atoms with van der Waals surface area (Å²) in [6.45, 7) is 0.459. The van der Waals surface area contributed by atoms with E-state index in [2.05, 4.69) is 15.6 Å². The number of nitrogens with zero attached hydrogens (tertiary/aromatic N) is 1. The molecule has 0 aliphatic rings. The van der Waals surface area contributed by atoms with Gasteiger partial charge in [-0.2, -0.15) is 0 Å². The van der Waals surface area contributed by atoms with Gasteiger partial charge in [-0.15, -0.1) is 0 Å². The minimum Gasteiger partial charge on any atom is -0.380 e. The van der Waals surface area contributed by atoms with Crippen LogP contribution in [0.4, 0.5) is 20.2 Å². The maximum Gasteiger partial charge on any atom is 0.257 e. The van der Waals surface area contributed by atoms with E-state index in [1.54, 1.807) is 36.5 Å². The number of aromatic nitrogens is 1. The zero-order chi connectivity index (χ0) is 17.6. The molecule has 0 aliphatic carbocycles. The van der Waals surface area contributed by atoms with E-state index in [0.29, 0.717) is 17.8 Å². The molecular weight excluding hydrogens is 324 g/mol. The molecule has 0 aliphatic heterocycles. The lowest BCUT2D eigenvalue weighted by atomic mass is 10.2. The van der Waals surface area contributed by atoms with Crippen LogP contribution in [0.25, 0.3) is 0 Å². The molecule has 1 aromatic heterocycles. The van der Waals surface area contributed by atoms with E-state index in [9.17, 15) is 13.6 Å². The smallest absolute Gasteiger partial charge is 0.257 e. The van der Waals surface area contributed by atoms with E-state index in [0.717, 1.165) is 5.56 Å². The van der Waals surface area contributed by atoms with Crippen molar-refractivity contribution in [3.05, 3.63) is 89.8 Å². The molecule has 0 atom stereocenters. The Morgan fingerprint density at radius 2 is 1.76 bits per heavy atom. The fourth-order valence-electron chi connectivity index (χ4n) is 2.22. The van der Waals surface area contributed by atoms with Crippen molar-refractivity contribution >= 4 is 17.3 Å². The SMILES string of the molecule is O=C(Nc1ccccc1F)c1cncc(NCc2ccc(F)cc2)c1. The number of anilines is 2. The predicted molar refractivity (Wildman–Crippen MR) is 92.3 cm³/mol. The lowest BCUT2D eigenvalue weighted by Gasteiger charge is -2.09. The fraction of sp³-hybridized carbons (Fsp3) is 0.0526. The minimum absolute atomic E-state index is 0.108. The fourth-order valence-corrected chi connectivity index (χ4v) is 2.22. The third-order valence-electron chi connectivity index (χ3n) is 3.53. The van der Waals surface area contributed by atoms with Crippen LogP contribution in [0.5, 0.6) is 0 Å². The number of benzene rings is 2. The summed E-state index contributed by atoms with van der Waals surface area (Å²) < 4.78 is 26.5. The first-order valence-corrected chi connectivity index (χ1v) is 7.61. The van der Waals surface area contributed by atoms with Crippen molar-refractivity contribution in [1.29, 1.82) is 0 Å². The Balaban J connectivity index is 1.67. The van der Waals surface area contributed by atoms with Gasteiger partial charge in [0.15, 0.2) is 0 Å². The molecule has 0 bridgehead atoms. The van der Waals surface area contributed by atoms with Gasteiger partial charge in [0.25, 0.3) is 5.91 Å². The predicted octanol–water partition coefficient (Wildman–Crippen LogP) is 4.22. The van der Waals surface area contributed by atoms with Gasteiger partial charge in [0.1, 0.15) is 11.6 Å². The maximum atomic E-state index is 13.6. The lowest BCUT2D eigenvalue weighted by molar-refractivity contribution is 0.102. The first-order valence-electron chi connectivity index (χ1n) is 7.61. The van der Waals surface area contributed by atoms with Crippen LogP contribution in [-0.4, -0.2) is 10.9 Å². The van der Waals surface area contributed by atoms with E-state index < -0.39 is 11.7 Å². The van der Waals surface area contributed by atoms with Crippen molar-refractivity contribution in [3.8, 4) is 0 Å². The van der Waals surface area contributed by atoms with Crippen LogP contribution in [0.3, 0.4) is 0 Å². The minimum atomic E-state index is -0.505. The highest BCUT2D eigenvalue weighted by atomic mass is 19.1. The molecule has 0 spiro atoms. The van der Waals surface area contributed by atoms with E-state index in [-0.39, 0.29) is 11.5 Å². The second kappa shape index (κ2) is 7.53. The van der Waals surface area contributed by atoms with Crippen LogP contribution in [0, 0.1) is 11.6 Å². The van der Waals surface area contributed by atoms with Gasteiger partial charge in [-0.05, 0) is 35.9 Å². The molecular formula is C19H15F2N3O. The average Bonchev–Trinajstić information content (AvgIpc) is 2.63. The number of nitrogens with one attached hydrogen (secondary N) is 2. The van der Waals surface area contributed by atoms with Gasteiger partial charge < -0.3 is 10.6 Å². The van der Waals surface area contributed by atoms with Crippen LogP contribution >= 0.6 is 0 Å². The molecule has 6 heteroatoms. The summed E-state index contributed by atoms with van der Waals surface area (Å²) in [4.78, 5) is 16.3. The number of para-hydroxylation sites is 1. The molecule has 0 saturated heterocycles. The Labute approximate surface area is 143 Å². The van der Waals surface area contributed by atoms with E-state index in [1.807, 2.05) is 0 Å². The highest BCUT2D eigenvalue weighted by Gasteiger charge is 2.10. The Morgan fingerprint density at radius 3 is 2.52 bits per heavy atom. The number of rotatable bonds is 5. The van der Waals surface area contributed by atoms with Crippen LogP contribution in [0.2, 0.25) is 0 Å². The molecule has 2 aromatic carbocycles. The Bertz CT molecular complexity index is 882. The normalized spacial score (nSPS) is 10.3. The molecule has 2 N–H and O–H groups in total. The van der Waals surface area contributed by atoms with Crippen LogP contribution in [0.15, 0.2) is 67.0 Å². The van der Waals surface area contributed by atoms with Gasteiger partial charge in [-0.3, -0.25) is 9.78 Å². The average molecular weight is 339 g/mol. The Morgan fingerprint density at radius 1 is 1.00 bits per heavy atom. The van der Waals surface area contributed by atoms with Crippen LogP contribution < -0.4 is 10.6 Å². The quantitative estimate of drug-likeness (QED) is 0.732. The number of amides is 1. The molecule has 126 valence electrons. The van der Waals surface area contributed by atoms with Gasteiger partial charge >= 0.3 is 0 Å². The third kappa shape index (κ3) is 4.38. The molecule has 0 unspecified atom stereocenters. The van der Waals surface area contributed by atoms with Gasteiger partial charge in [0.2, 0.25) is 0 Å². The molecule has 0 radical (unpaired) electrons. The second-order valence-electron chi connectivity index (χ2n) is 5.38. The standard InChI is InChI=1S/C19H15F2N3O/c20-15-7-5-13(6-8-15)10-23-16-9-14(11-22-12-16)19(25)24-18-4-2-1-3-17(18)21/h1-9,11-12,23H,10H2,(H,24,25). The lowest BCUT2D eigenvalue weighted by Crippen LogP contribution is -2.13. The van der Waals surface area contributed by atoms with Crippen molar-refractivity contribution in [1.82, 2.24) is 4.98 Å². The van der Waals surface area contributed by atoms with E-state index in [4.69, 9.17) is 0 Å². The Hall–Kier alpha value is -3.28. The zero-order valence-corrected chi connectivity index (χ0v) is 13.2. The van der Waals surface area contributed by atoms with Crippen molar-refractivity contribution in [2.75, 3.05) is 10.6 Å². The summed E-state index contributed by atoms with van der Waals surface area (Å²) in [5.41, 5.74) is 1.93. The summed E-state index contributed by atoms with van der Waals surface area (Å²) in [7, 11) is 0. The number of carbonyl (C=O) groups is 1. The monoisotopic (exact) mass is 339 g/mol. The molecule has 1 heterocycles. The molecule has 3 aromatic rings. The van der Waals surface area contributed by atoms with Crippen LogP contribution in [-0.2, 0) is 6.54 Å². The highest BCUT2D eigenvalue weighted by molar-refractivity contribution is 6.04. The van der Waals surface area contributed by atoms with Crippen LogP contribution in [0.1, 0.15) is 15.9 Å². The summed E-state index contributed by atoms with van der Waals surface area (Å²) in [5.74, 6) is -1.25. The molecule has 4 nitrogen and oxygen atoms in total. The largest absolute Gasteiger partial charge is 0.380 e. The molecule has 25 heavy (non-hydrogen) atoms. The van der Waals surface area contributed by atoms with Crippen molar-refractivity contribution < 1.29 is 13.6 Å². The molecule has 3 rings (SSSR count). The van der Waals surface area contributed by atoms with Crippen molar-refractivity contribution in [3.63, 3.8) is 0 Å². The maximum absolute atomic E-state index is 13.6. The number of carbonyl (C=O) groups excluding carboxylic acids is 1. The van der Waals surface area contributed by atoms with Gasteiger partial charge in [0, 0.05) is 18.9 Å². The summed E-state index contributed by atoms with van der Waals surface area (Å²) in [6, 6.07) is 13.7. The molecule has 1 amide bonds. The van der Waals surface area contributed by atoms with Gasteiger partial charge in [-0.1, -0.05) is 24.3 Å². The summed E-state index contributed by atoms with van der Waals surface area (Å²) in [6.07, 6.45) is 2.97. The second-order valence-corrected chi connectivity index (χ2v) is 5.38. The van der Waals surface area contributed by atoms with Crippen molar-refractivity contribution in [2.45, 2.75) is 6.54 Å². The topological polar surface area (TPSA) is 54.0 Å². The summed E-state index contributed by atoms with van der Waals surface area (Å²) >= 11 is 0. The van der Waals surface area contributed by atoms with E-state index in [1.165, 1.54) is 30.5 Å². The molecule has 0 saturated carbocycles. The number of halogens is 2. The zero-order valence-electron chi connectivity index (χ0n) is 13.2. The van der Waals surface area contributed by atoms with Gasteiger partial charge in [-0.25, -0.2) is 8.78 Å². The first-order chi connectivity index (χ1) is 12.1. The highest BCUT2D eigenvalue weighted by Crippen LogP contribution is 2.16. The first kappa shape index (κ1) is 16.6. The summed E-state index contributed by atoms with van der Waals surface area (Å²) in [5, 5.41) is 5.62. The third-order valence-corrected chi connectivity index (χ3v) is 3.53. The number of hydrogen-bond donors (Lipinski definition) is 2. The molecule has 0 fully saturated rings.